The molecular formula is C12H14N2O2. The quantitative estimate of drug-likeness (QED) is 0.732. The van der Waals surface area contributed by atoms with Crippen molar-refractivity contribution in [3.05, 3.63) is 47.8 Å². The third-order valence-corrected chi connectivity index (χ3v) is 2.28. The van der Waals surface area contributed by atoms with Crippen molar-refractivity contribution >= 4 is 0 Å². The van der Waals surface area contributed by atoms with Gasteiger partial charge in [0, 0.05) is 24.0 Å². The fourth-order valence-electron chi connectivity index (χ4n) is 1.43. The summed E-state index contributed by atoms with van der Waals surface area (Å²) in [5.74, 6) is 0.634. The first-order chi connectivity index (χ1) is 7.79. The Kier molecular flexibility index (Phi) is 3.12. The minimum atomic E-state index is 0.150. The molecule has 2 aromatic rings. The molecule has 0 saturated carbocycles. The number of aromatic nitrogens is 1. The van der Waals surface area contributed by atoms with E-state index in [4.69, 9.17) is 10.5 Å². The second-order valence-electron chi connectivity index (χ2n) is 3.49. The van der Waals surface area contributed by atoms with Crippen molar-refractivity contribution < 1.29 is 9.84 Å². The highest BCUT2D eigenvalue weighted by atomic mass is 16.5. The number of ether oxygens (including phenoxy) is 1. The van der Waals surface area contributed by atoms with Crippen LogP contribution in [0.4, 0.5) is 0 Å². The standard InChI is InChI=1S/C12H14N2O2/c13-6-10-5-9(7-14-10)8-16-12-4-2-1-3-11(12)15/h1-5,7,14-15H,6,8,13H2. The highest BCUT2D eigenvalue weighted by Crippen LogP contribution is 2.25. The molecule has 1 aromatic carbocycles. The largest absolute Gasteiger partial charge is 0.504 e. The van der Waals surface area contributed by atoms with Crippen molar-refractivity contribution in [2.45, 2.75) is 13.2 Å². The van der Waals surface area contributed by atoms with Crippen LogP contribution in [0.25, 0.3) is 0 Å². The van der Waals surface area contributed by atoms with Gasteiger partial charge in [-0.2, -0.15) is 0 Å². The van der Waals surface area contributed by atoms with Crippen molar-refractivity contribution in [2.75, 3.05) is 0 Å². The lowest BCUT2D eigenvalue weighted by molar-refractivity contribution is 0.289. The van der Waals surface area contributed by atoms with Crippen LogP contribution in [0.2, 0.25) is 0 Å². The number of para-hydroxylation sites is 2. The second kappa shape index (κ2) is 4.72. The molecular weight excluding hydrogens is 204 g/mol. The van der Waals surface area contributed by atoms with Gasteiger partial charge in [-0.1, -0.05) is 12.1 Å². The summed E-state index contributed by atoms with van der Waals surface area (Å²) in [7, 11) is 0. The van der Waals surface area contributed by atoms with Crippen molar-refractivity contribution in [3.8, 4) is 11.5 Å². The van der Waals surface area contributed by atoms with E-state index in [0.29, 0.717) is 18.9 Å². The fourth-order valence-corrected chi connectivity index (χ4v) is 1.43. The van der Waals surface area contributed by atoms with Gasteiger partial charge in [0.2, 0.25) is 0 Å². The number of benzene rings is 1. The number of phenols is 1. The molecule has 0 radical (unpaired) electrons. The van der Waals surface area contributed by atoms with Gasteiger partial charge in [0.25, 0.3) is 0 Å². The average molecular weight is 218 g/mol. The van der Waals surface area contributed by atoms with E-state index in [1.165, 1.54) is 0 Å². The molecule has 0 unspecified atom stereocenters. The summed E-state index contributed by atoms with van der Waals surface area (Å²) in [4.78, 5) is 3.04. The van der Waals surface area contributed by atoms with Crippen molar-refractivity contribution in [1.29, 1.82) is 0 Å². The molecule has 0 aliphatic carbocycles. The van der Waals surface area contributed by atoms with Crippen molar-refractivity contribution in [3.63, 3.8) is 0 Å². The van der Waals surface area contributed by atoms with Gasteiger partial charge in [0.1, 0.15) is 6.61 Å². The molecule has 0 spiro atoms. The van der Waals surface area contributed by atoms with Gasteiger partial charge in [-0.3, -0.25) is 0 Å². The van der Waals surface area contributed by atoms with Gasteiger partial charge in [-0.25, -0.2) is 0 Å². The maximum absolute atomic E-state index is 9.49. The molecule has 4 nitrogen and oxygen atoms in total. The summed E-state index contributed by atoms with van der Waals surface area (Å²) in [6.45, 7) is 0.894. The Hall–Kier alpha value is -1.94. The highest BCUT2D eigenvalue weighted by molar-refractivity contribution is 5.38. The lowest BCUT2D eigenvalue weighted by Crippen LogP contribution is -1.96. The monoisotopic (exact) mass is 218 g/mol. The number of hydrogen-bond acceptors (Lipinski definition) is 3. The Bertz CT molecular complexity index is 466. The first-order valence-corrected chi connectivity index (χ1v) is 5.06. The molecule has 4 heteroatoms. The van der Waals surface area contributed by atoms with Gasteiger partial charge in [0.15, 0.2) is 11.5 Å². The molecule has 2 rings (SSSR count). The van der Waals surface area contributed by atoms with E-state index in [0.717, 1.165) is 11.3 Å². The summed E-state index contributed by atoms with van der Waals surface area (Å²) in [6, 6.07) is 8.84. The van der Waals surface area contributed by atoms with Gasteiger partial charge in [-0.15, -0.1) is 0 Å². The van der Waals surface area contributed by atoms with E-state index < -0.39 is 0 Å². The van der Waals surface area contributed by atoms with E-state index >= 15 is 0 Å². The molecule has 0 fully saturated rings. The molecule has 0 aliphatic rings. The smallest absolute Gasteiger partial charge is 0.161 e. The third kappa shape index (κ3) is 2.35. The Morgan fingerprint density at radius 3 is 2.81 bits per heavy atom. The topological polar surface area (TPSA) is 71.3 Å². The highest BCUT2D eigenvalue weighted by Gasteiger charge is 2.02. The number of phenolic OH excluding ortho intramolecular Hbond substituents is 1. The molecule has 1 heterocycles. The molecule has 0 bridgehead atoms. The van der Waals surface area contributed by atoms with Gasteiger partial charge in [0.05, 0.1) is 0 Å². The predicted molar refractivity (Wildman–Crippen MR) is 61.1 cm³/mol. The van der Waals surface area contributed by atoms with E-state index in [2.05, 4.69) is 4.98 Å². The van der Waals surface area contributed by atoms with Crippen LogP contribution in [-0.2, 0) is 13.2 Å². The maximum atomic E-state index is 9.49. The minimum Gasteiger partial charge on any atom is -0.504 e. The van der Waals surface area contributed by atoms with Crippen molar-refractivity contribution in [2.24, 2.45) is 5.73 Å². The first kappa shape index (κ1) is 10.6. The molecule has 16 heavy (non-hydrogen) atoms. The first-order valence-electron chi connectivity index (χ1n) is 5.06. The molecule has 0 saturated heterocycles. The molecule has 1 aromatic heterocycles. The Balaban J connectivity index is 1.99. The van der Waals surface area contributed by atoms with E-state index in [1.54, 1.807) is 18.2 Å². The molecule has 0 atom stereocenters. The zero-order chi connectivity index (χ0) is 11.4. The zero-order valence-electron chi connectivity index (χ0n) is 8.81. The van der Waals surface area contributed by atoms with E-state index in [9.17, 15) is 5.11 Å². The Morgan fingerprint density at radius 2 is 2.12 bits per heavy atom. The van der Waals surface area contributed by atoms with Gasteiger partial charge >= 0.3 is 0 Å². The number of rotatable bonds is 4. The SMILES string of the molecule is NCc1cc(COc2ccccc2O)c[nH]1. The lowest BCUT2D eigenvalue weighted by Gasteiger charge is -2.05. The van der Waals surface area contributed by atoms with Crippen LogP contribution >= 0.6 is 0 Å². The molecule has 84 valence electrons. The number of aromatic hydroxyl groups is 1. The summed E-state index contributed by atoms with van der Waals surface area (Å²) < 4.78 is 5.47. The molecule has 0 aliphatic heterocycles. The van der Waals surface area contributed by atoms with Crippen LogP contribution in [0.5, 0.6) is 11.5 Å². The third-order valence-electron chi connectivity index (χ3n) is 2.28. The number of hydrogen-bond donors (Lipinski definition) is 3. The molecule has 0 amide bonds. The van der Waals surface area contributed by atoms with Crippen LogP contribution < -0.4 is 10.5 Å². The lowest BCUT2D eigenvalue weighted by atomic mass is 10.3. The Morgan fingerprint density at radius 1 is 1.31 bits per heavy atom. The van der Waals surface area contributed by atoms with Crippen LogP contribution in [0.3, 0.4) is 0 Å². The zero-order valence-corrected chi connectivity index (χ0v) is 8.81. The summed E-state index contributed by atoms with van der Waals surface area (Å²) in [6.07, 6.45) is 1.85. The summed E-state index contributed by atoms with van der Waals surface area (Å²) >= 11 is 0. The van der Waals surface area contributed by atoms with Crippen LogP contribution in [0.1, 0.15) is 11.3 Å². The fraction of sp³-hybridized carbons (Fsp3) is 0.167. The normalized spacial score (nSPS) is 10.3. The number of aromatic amines is 1. The van der Waals surface area contributed by atoms with Crippen molar-refractivity contribution in [1.82, 2.24) is 4.98 Å². The molecule has 4 N–H and O–H groups in total. The van der Waals surface area contributed by atoms with Gasteiger partial charge < -0.3 is 20.6 Å². The second-order valence-corrected chi connectivity index (χ2v) is 3.49. The van der Waals surface area contributed by atoms with Gasteiger partial charge in [-0.05, 0) is 18.2 Å². The minimum absolute atomic E-state index is 0.150. The Labute approximate surface area is 93.7 Å². The van der Waals surface area contributed by atoms with Crippen LogP contribution in [0, 0.1) is 0 Å². The summed E-state index contributed by atoms with van der Waals surface area (Å²) in [5.41, 5.74) is 7.45. The number of nitrogens with two attached hydrogens (primary N) is 1. The average Bonchev–Trinajstić information content (AvgIpc) is 2.76. The maximum Gasteiger partial charge on any atom is 0.161 e. The van der Waals surface area contributed by atoms with E-state index in [1.807, 2.05) is 18.3 Å². The van der Waals surface area contributed by atoms with Crippen LogP contribution in [0.15, 0.2) is 36.5 Å². The van der Waals surface area contributed by atoms with Crippen LogP contribution in [-0.4, -0.2) is 10.1 Å². The predicted octanol–water partition coefficient (Wildman–Crippen LogP) is 1.76. The number of nitrogens with one attached hydrogen (secondary N) is 1. The van der Waals surface area contributed by atoms with E-state index in [-0.39, 0.29) is 5.75 Å². The summed E-state index contributed by atoms with van der Waals surface area (Å²) in [5, 5.41) is 9.49. The number of H-pyrrole nitrogens is 1.